The minimum atomic E-state index is -0.459. The van der Waals surface area contributed by atoms with E-state index in [9.17, 15) is 4.79 Å². The van der Waals surface area contributed by atoms with Crippen LogP contribution in [-0.2, 0) is 6.42 Å². The van der Waals surface area contributed by atoms with Gasteiger partial charge in [-0.1, -0.05) is 16.8 Å². The van der Waals surface area contributed by atoms with E-state index in [0.29, 0.717) is 51.5 Å². The van der Waals surface area contributed by atoms with Crippen molar-refractivity contribution in [3.63, 3.8) is 0 Å². The Kier molecular flexibility index (Phi) is 4.44. The first kappa shape index (κ1) is 19.0. The predicted octanol–water partition coefficient (Wildman–Crippen LogP) is 4.94. The van der Waals surface area contributed by atoms with Gasteiger partial charge in [-0.05, 0) is 42.5 Å². The maximum atomic E-state index is 12.4. The Morgan fingerprint density at radius 1 is 1.03 bits per heavy atom. The molecule has 0 atom stereocenters. The van der Waals surface area contributed by atoms with E-state index in [1.54, 1.807) is 29.6 Å². The number of hydrogen-bond donors (Lipinski definition) is 0. The van der Waals surface area contributed by atoms with E-state index in [2.05, 4.69) is 15.1 Å². The van der Waals surface area contributed by atoms with Crippen molar-refractivity contribution in [1.29, 1.82) is 0 Å². The Morgan fingerprint density at radius 3 is 2.88 bits per heavy atom. The first-order valence-electron chi connectivity index (χ1n) is 9.53. The number of nitrogens with zero attached hydrogens (tertiary/aromatic N) is 3. The largest absolute Gasteiger partial charge is 0.454 e. The number of hydrogen-bond acceptors (Lipinski definition) is 9. The van der Waals surface area contributed by atoms with Gasteiger partial charge >= 0.3 is 5.63 Å². The number of benzene rings is 2. The quantitative estimate of drug-likeness (QED) is 0.344. The molecule has 0 aliphatic carbocycles. The van der Waals surface area contributed by atoms with Gasteiger partial charge < -0.3 is 18.4 Å². The molecule has 0 radical (unpaired) electrons. The summed E-state index contributed by atoms with van der Waals surface area (Å²) in [6, 6.07) is 12.3. The molecule has 8 nitrogen and oxygen atoms in total. The third-order valence-corrected chi connectivity index (χ3v) is 6.01. The lowest BCUT2D eigenvalue weighted by molar-refractivity contribution is 0.174. The summed E-state index contributed by atoms with van der Waals surface area (Å²) in [5, 5.41) is 7.86. The maximum Gasteiger partial charge on any atom is 0.345 e. The Labute approximate surface area is 189 Å². The van der Waals surface area contributed by atoms with E-state index < -0.39 is 5.63 Å². The summed E-state index contributed by atoms with van der Waals surface area (Å²) in [5.74, 6) is 2.19. The molecule has 0 bridgehead atoms. The molecule has 0 spiro atoms. The summed E-state index contributed by atoms with van der Waals surface area (Å²) < 4.78 is 21.5. The fourth-order valence-electron chi connectivity index (χ4n) is 3.40. The molecular formula is C22H12ClN3O5S. The SMILES string of the molecule is O=c1oc2ccc(Cl)cc2cc1-c1csc(Cc2nc(-c3ccc4c(c3)OCO4)no2)n1. The van der Waals surface area contributed by atoms with Crippen LogP contribution in [0, 0.1) is 0 Å². The standard InChI is InChI=1S/C22H12ClN3O5S/c23-13-2-4-16-12(5-13)6-14(22(27)30-16)15-9-32-20(24-15)8-19-25-21(26-31-19)11-1-3-17-18(7-11)29-10-28-17/h1-7,9H,8,10H2. The third-order valence-electron chi connectivity index (χ3n) is 4.92. The van der Waals surface area contributed by atoms with Crippen molar-refractivity contribution in [2.24, 2.45) is 0 Å². The zero-order valence-electron chi connectivity index (χ0n) is 16.2. The summed E-state index contributed by atoms with van der Waals surface area (Å²) >= 11 is 7.45. The highest BCUT2D eigenvalue weighted by molar-refractivity contribution is 7.10. The second-order valence-corrected chi connectivity index (χ2v) is 8.39. The van der Waals surface area contributed by atoms with Gasteiger partial charge in [-0.25, -0.2) is 9.78 Å². The van der Waals surface area contributed by atoms with Crippen molar-refractivity contribution >= 4 is 33.9 Å². The van der Waals surface area contributed by atoms with Gasteiger partial charge in [0.25, 0.3) is 0 Å². The van der Waals surface area contributed by atoms with Crippen LogP contribution in [0.4, 0.5) is 0 Å². The molecule has 0 N–H and O–H groups in total. The monoisotopic (exact) mass is 465 g/mol. The first-order valence-corrected chi connectivity index (χ1v) is 10.8. The number of thiazole rings is 1. The van der Waals surface area contributed by atoms with Crippen molar-refractivity contribution in [3.05, 3.63) is 74.2 Å². The first-order chi connectivity index (χ1) is 15.6. The molecule has 158 valence electrons. The number of rotatable bonds is 4. The van der Waals surface area contributed by atoms with Crippen molar-refractivity contribution in [3.8, 4) is 34.1 Å². The third kappa shape index (κ3) is 3.41. The molecule has 3 aromatic heterocycles. The van der Waals surface area contributed by atoms with Gasteiger partial charge in [0.15, 0.2) is 11.5 Å². The van der Waals surface area contributed by atoms with Crippen LogP contribution < -0.4 is 15.1 Å². The Hall–Kier alpha value is -3.69. The van der Waals surface area contributed by atoms with Crippen LogP contribution in [0.1, 0.15) is 10.9 Å². The van der Waals surface area contributed by atoms with Crippen LogP contribution in [0.5, 0.6) is 11.5 Å². The van der Waals surface area contributed by atoms with Gasteiger partial charge in [0, 0.05) is 21.4 Å². The molecule has 5 aromatic rings. The Balaban J connectivity index is 1.26. The summed E-state index contributed by atoms with van der Waals surface area (Å²) in [5.41, 5.74) is 1.67. The lowest BCUT2D eigenvalue weighted by atomic mass is 10.1. The number of ether oxygens (including phenoxy) is 2. The topological polar surface area (TPSA) is 100 Å². The zero-order chi connectivity index (χ0) is 21.7. The van der Waals surface area contributed by atoms with Gasteiger partial charge in [-0.15, -0.1) is 11.3 Å². The number of aromatic nitrogens is 3. The molecule has 0 fully saturated rings. The molecule has 0 saturated carbocycles. The van der Waals surface area contributed by atoms with Gasteiger partial charge in [0.05, 0.1) is 17.7 Å². The molecular weight excluding hydrogens is 454 g/mol. The molecule has 2 aromatic carbocycles. The summed E-state index contributed by atoms with van der Waals surface area (Å²) in [6.07, 6.45) is 0.340. The average molecular weight is 466 g/mol. The van der Waals surface area contributed by atoms with Crippen LogP contribution in [0.15, 0.2) is 61.6 Å². The normalized spacial score (nSPS) is 12.5. The number of halogens is 1. The molecule has 0 amide bonds. The lowest BCUT2D eigenvalue weighted by Gasteiger charge is -2.00. The van der Waals surface area contributed by atoms with E-state index in [4.69, 9.17) is 30.0 Å². The smallest absolute Gasteiger partial charge is 0.345 e. The van der Waals surface area contributed by atoms with Crippen LogP contribution in [0.3, 0.4) is 0 Å². The van der Waals surface area contributed by atoms with Gasteiger partial charge in [0.1, 0.15) is 10.6 Å². The van der Waals surface area contributed by atoms with Gasteiger partial charge in [-0.3, -0.25) is 0 Å². The van der Waals surface area contributed by atoms with E-state index >= 15 is 0 Å². The molecule has 4 heterocycles. The van der Waals surface area contributed by atoms with E-state index in [1.807, 2.05) is 18.2 Å². The van der Waals surface area contributed by atoms with Crippen LogP contribution in [0.2, 0.25) is 5.02 Å². The molecule has 6 rings (SSSR count). The van der Waals surface area contributed by atoms with Crippen LogP contribution in [0.25, 0.3) is 33.6 Å². The molecule has 10 heteroatoms. The van der Waals surface area contributed by atoms with E-state index in [0.717, 1.165) is 16.0 Å². The Bertz CT molecular complexity index is 1540. The lowest BCUT2D eigenvalue weighted by Crippen LogP contribution is -2.03. The molecule has 32 heavy (non-hydrogen) atoms. The van der Waals surface area contributed by atoms with Crippen molar-refractivity contribution < 1.29 is 18.4 Å². The van der Waals surface area contributed by atoms with Crippen molar-refractivity contribution in [1.82, 2.24) is 15.1 Å². The molecule has 0 unspecified atom stereocenters. The highest BCUT2D eigenvalue weighted by atomic mass is 35.5. The highest BCUT2D eigenvalue weighted by Crippen LogP contribution is 2.35. The number of fused-ring (bicyclic) bond motifs is 2. The van der Waals surface area contributed by atoms with Crippen LogP contribution >= 0.6 is 22.9 Å². The van der Waals surface area contributed by atoms with Gasteiger partial charge in [0.2, 0.25) is 18.5 Å². The Morgan fingerprint density at radius 2 is 1.94 bits per heavy atom. The molecule has 1 aliphatic rings. The van der Waals surface area contributed by atoms with Crippen molar-refractivity contribution in [2.75, 3.05) is 6.79 Å². The average Bonchev–Trinajstić information content (AvgIpc) is 3.54. The second-order valence-electron chi connectivity index (χ2n) is 7.01. The van der Waals surface area contributed by atoms with E-state index in [-0.39, 0.29) is 6.79 Å². The molecule has 1 aliphatic heterocycles. The maximum absolute atomic E-state index is 12.4. The fourth-order valence-corrected chi connectivity index (χ4v) is 4.36. The fraction of sp³-hybridized carbons (Fsp3) is 0.0909. The van der Waals surface area contributed by atoms with Crippen LogP contribution in [-0.4, -0.2) is 21.9 Å². The zero-order valence-corrected chi connectivity index (χ0v) is 17.8. The summed E-state index contributed by atoms with van der Waals surface area (Å²) in [4.78, 5) is 21.4. The van der Waals surface area contributed by atoms with Gasteiger partial charge in [-0.2, -0.15) is 4.98 Å². The highest BCUT2D eigenvalue weighted by Gasteiger charge is 2.18. The minimum Gasteiger partial charge on any atom is -0.454 e. The molecule has 0 saturated heterocycles. The predicted molar refractivity (Wildman–Crippen MR) is 117 cm³/mol. The summed E-state index contributed by atoms with van der Waals surface area (Å²) in [7, 11) is 0. The minimum absolute atomic E-state index is 0.200. The van der Waals surface area contributed by atoms with Crippen molar-refractivity contribution in [2.45, 2.75) is 6.42 Å². The van der Waals surface area contributed by atoms with E-state index in [1.165, 1.54) is 11.3 Å². The second kappa shape index (κ2) is 7.47. The summed E-state index contributed by atoms with van der Waals surface area (Å²) in [6.45, 7) is 0.200.